The van der Waals surface area contributed by atoms with Gasteiger partial charge in [0, 0.05) is 25.0 Å². The molecule has 4 N–H and O–H groups in total. The number of methoxy groups -OCH3 is 1. The number of carbonyl (C=O) groups is 2. The number of aldehydes is 1. The molecular weight excluding hydrogens is 498 g/mol. The third kappa shape index (κ3) is 11.5. The number of aryl methyl sites for hydroxylation is 1. The molecule has 1 heterocycles. The van der Waals surface area contributed by atoms with E-state index in [-0.39, 0.29) is 5.75 Å². The van der Waals surface area contributed by atoms with Crippen molar-refractivity contribution in [2.75, 3.05) is 20.7 Å². The van der Waals surface area contributed by atoms with Gasteiger partial charge < -0.3 is 29.7 Å². The maximum atomic E-state index is 10.1. The lowest BCUT2D eigenvalue weighted by Gasteiger charge is -2.06. The van der Waals surface area contributed by atoms with Crippen LogP contribution >= 0.6 is 11.6 Å². The van der Waals surface area contributed by atoms with Crippen LogP contribution in [0, 0.1) is 6.92 Å². The highest BCUT2D eigenvalue weighted by Gasteiger charge is 2.19. The Bertz CT molecular complexity index is 1040. The van der Waals surface area contributed by atoms with Gasteiger partial charge in [0.15, 0.2) is 5.76 Å². The molecule has 1 amide bonds. The van der Waals surface area contributed by atoms with E-state index < -0.39 is 0 Å². The topological polar surface area (TPSA) is 134 Å². The van der Waals surface area contributed by atoms with Gasteiger partial charge in [-0.3, -0.25) is 4.79 Å². The standard InChI is InChI=1S/C17H14ClNO3.C9H17NO2.CH5NO/c1-10-16(11-3-6-13(21-2)7-4-11)17(22-19-10)14-9-12(18)5-8-15(14)20;11-8-6-4-2-1-3-5-7-10-9-12;1-2-3/h3-9,20H,1-2H3;8-9H,1-7H2,(H,10,12);2-3H,1H3. The van der Waals surface area contributed by atoms with Gasteiger partial charge in [-0.25, -0.2) is 5.48 Å². The molecule has 0 aliphatic heterocycles. The molecule has 0 unspecified atom stereocenters. The van der Waals surface area contributed by atoms with Gasteiger partial charge in [-0.1, -0.05) is 48.2 Å². The van der Waals surface area contributed by atoms with Crippen LogP contribution in [0.15, 0.2) is 47.0 Å². The number of ether oxygens (including phenoxy) is 1. The Kier molecular flexibility index (Phi) is 16.1. The van der Waals surface area contributed by atoms with E-state index in [4.69, 9.17) is 26.1 Å². The molecule has 0 spiro atoms. The molecule has 0 radical (unpaired) electrons. The number of halogens is 1. The van der Waals surface area contributed by atoms with E-state index in [9.17, 15) is 14.7 Å². The average Bonchev–Trinajstić information content (AvgIpc) is 3.29. The van der Waals surface area contributed by atoms with Crippen LogP contribution in [-0.2, 0) is 9.59 Å². The fraction of sp³-hybridized carbons (Fsp3) is 0.370. The van der Waals surface area contributed by atoms with Gasteiger partial charge in [0.05, 0.1) is 23.9 Å². The normalized spacial score (nSPS) is 9.86. The lowest BCUT2D eigenvalue weighted by atomic mass is 9.99. The van der Waals surface area contributed by atoms with Gasteiger partial charge in [-0.15, -0.1) is 0 Å². The number of phenols is 1. The van der Waals surface area contributed by atoms with Crippen molar-refractivity contribution < 1.29 is 29.2 Å². The summed E-state index contributed by atoms with van der Waals surface area (Å²) in [5.74, 6) is 1.35. The van der Waals surface area contributed by atoms with Crippen molar-refractivity contribution in [1.29, 1.82) is 0 Å². The minimum Gasteiger partial charge on any atom is -0.507 e. The summed E-state index contributed by atoms with van der Waals surface area (Å²) in [6.45, 7) is 2.63. The Hall–Kier alpha value is -3.40. The Balaban J connectivity index is 0.000000388. The number of aromatic nitrogens is 1. The summed E-state index contributed by atoms with van der Waals surface area (Å²) in [7, 11) is 3.05. The molecule has 2 aromatic carbocycles. The monoisotopic (exact) mass is 533 g/mol. The Morgan fingerprint density at radius 2 is 1.70 bits per heavy atom. The summed E-state index contributed by atoms with van der Waals surface area (Å²) in [4.78, 5) is 19.8. The number of hydrogen-bond acceptors (Lipinski definition) is 8. The van der Waals surface area contributed by atoms with E-state index in [2.05, 4.69) is 10.5 Å². The van der Waals surface area contributed by atoms with Gasteiger partial charge in [0.25, 0.3) is 0 Å². The van der Waals surface area contributed by atoms with E-state index >= 15 is 0 Å². The number of benzene rings is 2. The number of hydroxylamine groups is 1. The minimum absolute atomic E-state index is 0.0929. The highest BCUT2D eigenvalue weighted by atomic mass is 35.5. The average molecular weight is 534 g/mol. The van der Waals surface area contributed by atoms with Gasteiger partial charge in [0.2, 0.25) is 6.41 Å². The summed E-state index contributed by atoms with van der Waals surface area (Å²) >= 11 is 6.02. The van der Waals surface area contributed by atoms with E-state index in [1.807, 2.05) is 31.2 Å². The predicted octanol–water partition coefficient (Wildman–Crippen LogP) is 5.55. The largest absolute Gasteiger partial charge is 0.507 e. The minimum atomic E-state index is 0.0929. The highest BCUT2D eigenvalue weighted by Crippen LogP contribution is 2.40. The number of hydrogen-bond donors (Lipinski definition) is 4. The second-order valence-corrected chi connectivity index (χ2v) is 8.32. The van der Waals surface area contributed by atoms with E-state index in [0.29, 0.717) is 22.8 Å². The molecule has 3 rings (SSSR count). The quantitative estimate of drug-likeness (QED) is 0.135. The number of nitrogens with zero attached hydrogens (tertiary/aromatic N) is 1. The van der Waals surface area contributed by atoms with Crippen molar-refractivity contribution in [3.63, 3.8) is 0 Å². The molecule has 0 aliphatic carbocycles. The first kappa shape index (κ1) is 31.6. The first-order chi connectivity index (χ1) is 17.9. The van der Waals surface area contributed by atoms with E-state index in [0.717, 1.165) is 73.9 Å². The fourth-order valence-corrected chi connectivity index (χ4v) is 3.56. The van der Waals surface area contributed by atoms with Crippen LogP contribution < -0.4 is 15.5 Å². The molecule has 0 saturated carbocycles. The van der Waals surface area contributed by atoms with Crippen molar-refractivity contribution in [3.05, 3.63) is 53.2 Å². The zero-order valence-corrected chi connectivity index (χ0v) is 22.3. The number of rotatable bonds is 12. The lowest BCUT2D eigenvalue weighted by Crippen LogP contribution is -2.11. The molecule has 1 aromatic heterocycles. The van der Waals surface area contributed by atoms with E-state index in [1.54, 1.807) is 24.7 Å². The lowest BCUT2D eigenvalue weighted by molar-refractivity contribution is -0.109. The van der Waals surface area contributed by atoms with Gasteiger partial charge in [0.1, 0.15) is 17.8 Å². The van der Waals surface area contributed by atoms with Crippen LogP contribution in [0.25, 0.3) is 22.5 Å². The summed E-state index contributed by atoms with van der Waals surface area (Å²) < 4.78 is 10.6. The maximum absolute atomic E-state index is 10.1. The predicted molar refractivity (Wildman–Crippen MR) is 144 cm³/mol. The van der Waals surface area contributed by atoms with E-state index in [1.165, 1.54) is 13.1 Å². The molecule has 0 fully saturated rings. The number of unbranched alkanes of at least 4 members (excludes halogenated alkanes) is 5. The SMILES string of the molecule is CNO.COc1ccc(-c2c(C)noc2-c2cc(Cl)ccc2O)cc1.O=CCCCCCCCNC=O. The second-order valence-electron chi connectivity index (χ2n) is 7.88. The first-order valence-corrected chi connectivity index (χ1v) is 12.3. The molecule has 0 bridgehead atoms. The highest BCUT2D eigenvalue weighted by molar-refractivity contribution is 6.31. The van der Waals surface area contributed by atoms with Crippen molar-refractivity contribution >= 4 is 24.3 Å². The number of phenolic OH excluding ortho intramolecular Hbond substituents is 1. The number of amides is 1. The Morgan fingerprint density at radius 1 is 1.05 bits per heavy atom. The third-order valence-corrected chi connectivity index (χ3v) is 5.41. The second kappa shape index (κ2) is 18.8. The van der Waals surface area contributed by atoms with Crippen molar-refractivity contribution in [3.8, 4) is 33.9 Å². The van der Waals surface area contributed by atoms with Crippen LogP contribution in [0.4, 0.5) is 0 Å². The Morgan fingerprint density at radius 3 is 2.32 bits per heavy atom. The van der Waals surface area contributed by atoms with Crippen molar-refractivity contribution in [1.82, 2.24) is 16.0 Å². The molecule has 0 atom stereocenters. The summed E-state index contributed by atoms with van der Waals surface area (Å²) in [5, 5.41) is 24.6. The van der Waals surface area contributed by atoms with Crippen LogP contribution in [-0.4, -0.2) is 48.9 Å². The zero-order valence-electron chi connectivity index (χ0n) is 21.5. The summed E-state index contributed by atoms with van der Waals surface area (Å²) in [6.07, 6.45) is 7.85. The van der Waals surface area contributed by atoms with Crippen LogP contribution in [0.3, 0.4) is 0 Å². The third-order valence-electron chi connectivity index (χ3n) is 5.17. The molecule has 0 saturated heterocycles. The summed E-state index contributed by atoms with van der Waals surface area (Å²) in [5.41, 5.74) is 4.74. The van der Waals surface area contributed by atoms with Gasteiger partial charge in [-0.05, 0) is 55.7 Å². The molecule has 3 aromatic rings. The molecule has 0 aliphatic rings. The van der Waals surface area contributed by atoms with Crippen molar-refractivity contribution in [2.45, 2.75) is 45.4 Å². The van der Waals surface area contributed by atoms with Crippen LogP contribution in [0.1, 0.15) is 44.2 Å². The smallest absolute Gasteiger partial charge is 0.207 e. The van der Waals surface area contributed by atoms with Crippen LogP contribution in [0.5, 0.6) is 11.5 Å². The fourth-order valence-electron chi connectivity index (χ4n) is 3.39. The van der Waals surface area contributed by atoms with Crippen molar-refractivity contribution in [2.24, 2.45) is 0 Å². The Labute approximate surface area is 222 Å². The molecular formula is C27H36ClN3O6. The van der Waals surface area contributed by atoms with Crippen LogP contribution in [0.2, 0.25) is 5.02 Å². The number of nitrogens with one attached hydrogen (secondary N) is 2. The molecule has 10 heteroatoms. The molecule has 202 valence electrons. The first-order valence-electron chi connectivity index (χ1n) is 11.9. The molecule has 37 heavy (non-hydrogen) atoms. The van der Waals surface area contributed by atoms with Gasteiger partial charge in [-0.2, -0.15) is 0 Å². The van der Waals surface area contributed by atoms with Gasteiger partial charge >= 0.3 is 0 Å². The molecule has 9 nitrogen and oxygen atoms in total. The number of carbonyl (C=O) groups excluding carboxylic acids is 2. The maximum Gasteiger partial charge on any atom is 0.207 e. The number of aromatic hydroxyl groups is 1. The zero-order chi connectivity index (χ0) is 27.5. The summed E-state index contributed by atoms with van der Waals surface area (Å²) in [6, 6.07) is 12.4.